The van der Waals surface area contributed by atoms with Gasteiger partial charge in [0.25, 0.3) is 0 Å². The SMILES string of the molecule is O=C(O)/C=C/c1cccc(N2C(=O)[C@@H]3[C@H](C2=O)[C@H]2C=C[C@@H]3C2)c1. The van der Waals surface area contributed by atoms with Gasteiger partial charge in [0.1, 0.15) is 0 Å². The highest BCUT2D eigenvalue weighted by Gasteiger charge is 2.59. The Kier molecular flexibility index (Phi) is 2.98. The first-order valence-electron chi connectivity index (χ1n) is 7.63. The highest BCUT2D eigenvalue weighted by atomic mass is 16.4. The van der Waals surface area contributed by atoms with Crippen LogP contribution in [0.1, 0.15) is 12.0 Å². The summed E-state index contributed by atoms with van der Waals surface area (Å²) in [4.78, 5) is 37.3. The van der Waals surface area contributed by atoms with E-state index in [1.807, 2.05) is 0 Å². The zero-order chi connectivity index (χ0) is 16.1. The summed E-state index contributed by atoms with van der Waals surface area (Å²) in [6, 6.07) is 6.84. The van der Waals surface area contributed by atoms with Crippen LogP contribution in [0.25, 0.3) is 6.08 Å². The first-order valence-corrected chi connectivity index (χ1v) is 7.63. The van der Waals surface area contributed by atoms with Crippen molar-refractivity contribution >= 4 is 29.5 Å². The van der Waals surface area contributed by atoms with Crippen LogP contribution in [0.2, 0.25) is 0 Å². The average molecular weight is 309 g/mol. The Balaban J connectivity index is 1.67. The molecule has 116 valence electrons. The molecule has 5 heteroatoms. The summed E-state index contributed by atoms with van der Waals surface area (Å²) in [6.07, 6.45) is 7.51. The predicted molar refractivity (Wildman–Crippen MR) is 83.3 cm³/mol. The number of rotatable bonds is 3. The second-order valence-corrected chi connectivity index (χ2v) is 6.28. The van der Waals surface area contributed by atoms with Gasteiger partial charge in [0.2, 0.25) is 11.8 Å². The number of benzene rings is 1. The molecule has 1 heterocycles. The van der Waals surface area contributed by atoms with Crippen LogP contribution in [-0.2, 0) is 14.4 Å². The highest BCUT2D eigenvalue weighted by molar-refractivity contribution is 6.22. The van der Waals surface area contributed by atoms with Gasteiger partial charge in [-0.05, 0) is 42.0 Å². The maximum absolute atomic E-state index is 12.7. The Morgan fingerprint density at radius 2 is 1.78 bits per heavy atom. The lowest BCUT2D eigenvalue weighted by Gasteiger charge is -2.17. The normalized spacial score (nSPS) is 31.4. The molecule has 0 aromatic heterocycles. The minimum atomic E-state index is -1.04. The van der Waals surface area contributed by atoms with E-state index in [0.717, 1.165) is 12.5 Å². The predicted octanol–water partition coefficient (Wildman–Crippen LogP) is 2.10. The van der Waals surface area contributed by atoms with Crippen LogP contribution in [-0.4, -0.2) is 22.9 Å². The number of carbonyl (C=O) groups is 3. The molecule has 3 aliphatic rings. The number of imide groups is 1. The number of hydrogen-bond donors (Lipinski definition) is 1. The van der Waals surface area contributed by atoms with Gasteiger partial charge in [-0.2, -0.15) is 0 Å². The van der Waals surface area contributed by atoms with Crippen LogP contribution in [0.3, 0.4) is 0 Å². The average Bonchev–Trinajstić information content (AvgIpc) is 3.20. The quantitative estimate of drug-likeness (QED) is 0.527. The van der Waals surface area contributed by atoms with Gasteiger partial charge >= 0.3 is 5.97 Å². The van der Waals surface area contributed by atoms with E-state index < -0.39 is 5.97 Å². The van der Waals surface area contributed by atoms with Gasteiger partial charge in [-0.15, -0.1) is 0 Å². The fourth-order valence-corrected chi connectivity index (χ4v) is 4.09. The van der Waals surface area contributed by atoms with Crippen LogP contribution in [0.4, 0.5) is 5.69 Å². The number of carboxylic acids is 1. The van der Waals surface area contributed by atoms with Crippen molar-refractivity contribution in [3.8, 4) is 0 Å². The van der Waals surface area contributed by atoms with E-state index >= 15 is 0 Å². The molecule has 1 aliphatic heterocycles. The molecule has 2 bridgehead atoms. The first-order chi connectivity index (χ1) is 11.1. The second-order valence-electron chi connectivity index (χ2n) is 6.28. The van der Waals surface area contributed by atoms with Crippen LogP contribution >= 0.6 is 0 Å². The summed E-state index contributed by atoms with van der Waals surface area (Å²) in [6.45, 7) is 0. The number of carbonyl (C=O) groups excluding carboxylic acids is 2. The van der Waals surface area contributed by atoms with E-state index in [2.05, 4.69) is 12.2 Å². The van der Waals surface area contributed by atoms with Crippen molar-refractivity contribution in [1.82, 2.24) is 0 Å². The molecule has 4 rings (SSSR count). The standard InChI is InChI=1S/C18H15NO4/c20-14(21)7-4-10-2-1-3-13(8-10)19-17(22)15-11-5-6-12(9-11)16(15)18(19)23/h1-8,11-12,15-16H,9H2,(H,20,21)/b7-4+/t11-,12+,15+,16-. The molecule has 2 fully saturated rings. The Hall–Kier alpha value is -2.69. The molecule has 1 aromatic rings. The fraction of sp³-hybridized carbons (Fsp3) is 0.278. The molecule has 5 nitrogen and oxygen atoms in total. The molecule has 0 spiro atoms. The summed E-state index contributed by atoms with van der Waals surface area (Å²) < 4.78 is 0. The zero-order valence-electron chi connectivity index (χ0n) is 12.3. The van der Waals surface area contributed by atoms with Crippen LogP contribution in [0.15, 0.2) is 42.5 Å². The van der Waals surface area contributed by atoms with Gasteiger partial charge in [-0.25, -0.2) is 9.69 Å². The van der Waals surface area contributed by atoms with Crippen molar-refractivity contribution in [3.05, 3.63) is 48.1 Å². The molecule has 0 radical (unpaired) electrons. The molecule has 0 unspecified atom stereocenters. The number of carboxylic acid groups (broad SMARTS) is 1. The van der Waals surface area contributed by atoms with Crippen LogP contribution in [0, 0.1) is 23.7 Å². The highest BCUT2D eigenvalue weighted by Crippen LogP contribution is 2.53. The van der Waals surface area contributed by atoms with Crippen LogP contribution in [0.5, 0.6) is 0 Å². The van der Waals surface area contributed by atoms with Crippen LogP contribution < -0.4 is 4.90 Å². The van der Waals surface area contributed by atoms with Crippen molar-refractivity contribution in [2.24, 2.45) is 23.7 Å². The van der Waals surface area contributed by atoms with Gasteiger partial charge in [0, 0.05) is 6.08 Å². The Bertz CT molecular complexity index is 749. The molecule has 23 heavy (non-hydrogen) atoms. The topological polar surface area (TPSA) is 74.7 Å². The van der Waals surface area contributed by atoms with Gasteiger partial charge in [-0.3, -0.25) is 9.59 Å². The minimum absolute atomic E-state index is 0.129. The van der Waals surface area contributed by atoms with Gasteiger partial charge in [0.05, 0.1) is 17.5 Å². The van der Waals surface area contributed by atoms with E-state index in [1.54, 1.807) is 24.3 Å². The Morgan fingerprint density at radius 1 is 1.13 bits per heavy atom. The van der Waals surface area contributed by atoms with E-state index in [4.69, 9.17) is 5.11 Å². The number of hydrogen-bond acceptors (Lipinski definition) is 3. The Morgan fingerprint density at radius 3 is 2.39 bits per heavy atom. The molecule has 1 saturated carbocycles. The summed E-state index contributed by atoms with van der Waals surface area (Å²) >= 11 is 0. The van der Waals surface area contributed by atoms with Gasteiger partial charge < -0.3 is 5.11 Å². The largest absolute Gasteiger partial charge is 0.478 e. The van der Waals surface area contributed by atoms with E-state index in [1.165, 1.54) is 11.0 Å². The fourth-order valence-electron chi connectivity index (χ4n) is 4.09. The third-order valence-electron chi connectivity index (χ3n) is 5.02. The van der Waals surface area contributed by atoms with E-state index in [-0.39, 0.29) is 35.5 Å². The number of nitrogens with zero attached hydrogens (tertiary/aromatic N) is 1. The van der Waals surface area contributed by atoms with E-state index in [9.17, 15) is 14.4 Å². The van der Waals surface area contributed by atoms with Gasteiger partial charge in [0.15, 0.2) is 0 Å². The molecule has 4 atom stereocenters. The maximum atomic E-state index is 12.7. The molecule has 1 N–H and O–H groups in total. The lowest BCUT2D eigenvalue weighted by molar-refractivity contribution is -0.131. The molecule has 1 aromatic carbocycles. The second kappa shape index (κ2) is 4.91. The van der Waals surface area contributed by atoms with Crippen molar-refractivity contribution < 1.29 is 19.5 Å². The Labute approximate surface area is 132 Å². The van der Waals surface area contributed by atoms with Crippen molar-refractivity contribution in [2.45, 2.75) is 6.42 Å². The minimum Gasteiger partial charge on any atom is -0.478 e. The number of amides is 2. The van der Waals surface area contributed by atoms with E-state index in [0.29, 0.717) is 11.3 Å². The van der Waals surface area contributed by atoms with Gasteiger partial charge in [-0.1, -0.05) is 24.3 Å². The monoisotopic (exact) mass is 309 g/mol. The number of anilines is 1. The summed E-state index contributed by atoms with van der Waals surface area (Å²) in [7, 11) is 0. The number of aliphatic carboxylic acids is 1. The third-order valence-corrected chi connectivity index (χ3v) is 5.02. The third kappa shape index (κ3) is 2.04. The van der Waals surface area contributed by atoms with Crippen molar-refractivity contribution in [1.29, 1.82) is 0 Å². The molecule has 2 amide bonds. The number of allylic oxidation sites excluding steroid dienone is 2. The summed E-state index contributed by atoms with van der Waals surface area (Å²) in [5.41, 5.74) is 1.16. The molecule has 1 saturated heterocycles. The molecular weight excluding hydrogens is 294 g/mol. The lowest BCUT2D eigenvalue weighted by Crippen LogP contribution is -2.32. The molecule has 2 aliphatic carbocycles. The zero-order valence-corrected chi connectivity index (χ0v) is 12.3. The summed E-state index contributed by atoms with van der Waals surface area (Å²) in [5, 5.41) is 8.70. The maximum Gasteiger partial charge on any atom is 0.328 e. The smallest absolute Gasteiger partial charge is 0.328 e. The lowest BCUT2D eigenvalue weighted by atomic mass is 9.85. The summed E-state index contributed by atoms with van der Waals surface area (Å²) in [5.74, 6) is -1.39. The van der Waals surface area contributed by atoms with Crippen molar-refractivity contribution in [3.63, 3.8) is 0 Å². The van der Waals surface area contributed by atoms with Crippen molar-refractivity contribution in [2.75, 3.05) is 4.90 Å². The first kappa shape index (κ1) is 13.9. The number of fused-ring (bicyclic) bond motifs is 5. The molecular formula is C18H15NO4.